The van der Waals surface area contributed by atoms with Gasteiger partial charge in [0.25, 0.3) is 0 Å². The van der Waals surface area contributed by atoms with Gasteiger partial charge in [-0.3, -0.25) is 0 Å². The van der Waals surface area contributed by atoms with Crippen LogP contribution >= 0.6 is 0 Å². The van der Waals surface area contributed by atoms with Crippen LogP contribution in [0.25, 0.3) is 76.8 Å². The molecule has 2 saturated carbocycles. The molecule has 0 aromatic heterocycles. The summed E-state index contributed by atoms with van der Waals surface area (Å²) in [4.78, 5) is 0. The SMILES string of the molecule is c1ccc2c(c1)-c1ccc(-c3cc4c5ccccc5c(-c5ccc6c(c5)C5(CCCCCC5)c5ccccc5-6)cc4c4ccccc34)cc1C21CCCCCC1. The molecular formula is C56H48. The maximum Gasteiger partial charge on any atom is 0.0215 e. The highest BCUT2D eigenvalue weighted by atomic mass is 14.5. The molecule has 2 spiro atoms. The molecule has 0 heterocycles. The molecule has 272 valence electrons. The maximum absolute atomic E-state index is 2.61. The zero-order valence-corrected chi connectivity index (χ0v) is 32.3. The minimum Gasteiger partial charge on any atom is -0.0619 e. The molecule has 12 rings (SSSR count). The lowest BCUT2D eigenvalue weighted by molar-refractivity contribution is 0.456. The van der Waals surface area contributed by atoms with Gasteiger partial charge in [0.2, 0.25) is 0 Å². The summed E-state index contributed by atoms with van der Waals surface area (Å²) in [5, 5.41) is 8.06. The molecule has 0 atom stereocenters. The average Bonchev–Trinajstić information content (AvgIpc) is 3.42. The summed E-state index contributed by atoms with van der Waals surface area (Å²) >= 11 is 0. The Kier molecular flexibility index (Phi) is 7.32. The zero-order valence-electron chi connectivity index (χ0n) is 32.3. The third-order valence-corrected chi connectivity index (χ3v) is 15.0. The predicted octanol–water partition coefficient (Wildman–Crippen LogP) is 15.7. The monoisotopic (exact) mass is 720 g/mol. The fourth-order valence-electron chi connectivity index (χ4n) is 12.4. The van der Waals surface area contributed by atoms with Gasteiger partial charge in [0.05, 0.1) is 0 Å². The van der Waals surface area contributed by atoms with Crippen LogP contribution in [0.1, 0.15) is 99.3 Å². The van der Waals surface area contributed by atoms with Gasteiger partial charge in [-0.05, 0) is 149 Å². The quantitative estimate of drug-likeness (QED) is 0.156. The van der Waals surface area contributed by atoms with Crippen LogP contribution in [0.3, 0.4) is 0 Å². The van der Waals surface area contributed by atoms with Crippen molar-refractivity contribution >= 4 is 32.3 Å². The van der Waals surface area contributed by atoms with Crippen LogP contribution in [0.5, 0.6) is 0 Å². The van der Waals surface area contributed by atoms with Gasteiger partial charge >= 0.3 is 0 Å². The number of hydrogen-bond donors (Lipinski definition) is 0. The molecule has 8 aromatic rings. The van der Waals surface area contributed by atoms with E-state index in [0.29, 0.717) is 0 Å². The van der Waals surface area contributed by atoms with E-state index >= 15 is 0 Å². The molecule has 0 unspecified atom stereocenters. The number of benzene rings is 8. The molecule has 0 N–H and O–H groups in total. The fourth-order valence-corrected chi connectivity index (χ4v) is 12.4. The Morgan fingerprint density at radius 1 is 0.250 bits per heavy atom. The molecule has 0 radical (unpaired) electrons. The van der Waals surface area contributed by atoms with Crippen molar-refractivity contribution in [3.63, 3.8) is 0 Å². The molecule has 0 amide bonds. The highest BCUT2D eigenvalue weighted by Gasteiger charge is 2.44. The van der Waals surface area contributed by atoms with E-state index in [1.54, 1.807) is 22.3 Å². The van der Waals surface area contributed by atoms with Crippen molar-refractivity contribution in [2.45, 2.75) is 87.9 Å². The van der Waals surface area contributed by atoms with Crippen molar-refractivity contribution in [3.8, 4) is 44.5 Å². The third kappa shape index (κ3) is 4.59. The maximum atomic E-state index is 2.61. The van der Waals surface area contributed by atoms with Crippen LogP contribution < -0.4 is 0 Å². The van der Waals surface area contributed by atoms with Crippen molar-refractivity contribution in [2.24, 2.45) is 0 Å². The van der Waals surface area contributed by atoms with E-state index in [2.05, 4.69) is 146 Å². The predicted molar refractivity (Wildman–Crippen MR) is 238 cm³/mol. The van der Waals surface area contributed by atoms with Gasteiger partial charge < -0.3 is 0 Å². The molecule has 2 fully saturated rings. The van der Waals surface area contributed by atoms with Gasteiger partial charge in [-0.15, -0.1) is 0 Å². The number of fused-ring (bicyclic) bond motifs is 15. The molecule has 4 aliphatic carbocycles. The summed E-state index contributed by atoms with van der Waals surface area (Å²) in [7, 11) is 0. The van der Waals surface area contributed by atoms with Gasteiger partial charge in [-0.2, -0.15) is 0 Å². The largest absolute Gasteiger partial charge is 0.0619 e. The minimum atomic E-state index is 0.124. The Labute approximate surface area is 331 Å². The Balaban J connectivity index is 1.07. The van der Waals surface area contributed by atoms with E-state index in [1.807, 2.05) is 0 Å². The topological polar surface area (TPSA) is 0 Å². The lowest BCUT2D eigenvalue weighted by Gasteiger charge is -2.31. The van der Waals surface area contributed by atoms with E-state index in [4.69, 9.17) is 0 Å². The van der Waals surface area contributed by atoms with Crippen LogP contribution in [0, 0.1) is 0 Å². The third-order valence-electron chi connectivity index (χ3n) is 15.0. The molecule has 0 aliphatic heterocycles. The van der Waals surface area contributed by atoms with Crippen molar-refractivity contribution < 1.29 is 0 Å². The summed E-state index contributed by atoms with van der Waals surface area (Å²) in [5.41, 5.74) is 17.7. The van der Waals surface area contributed by atoms with Gasteiger partial charge in [0, 0.05) is 10.8 Å². The first-order chi connectivity index (χ1) is 27.7. The Morgan fingerprint density at radius 2 is 0.607 bits per heavy atom. The first kappa shape index (κ1) is 32.8. The number of rotatable bonds is 2. The van der Waals surface area contributed by atoms with Crippen molar-refractivity contribution in [2.75, 3.05) is 0 Å². The van der Waals surface area contributed by atoms with Gasteiger partial charge in [-0.25, -0.2) is 0 Å². The highest BCUT2D eigenvalue weighted by molar-refractivity contribution is 6.24. The van der Waals surface area contributed by atoms with Gasteiger partial charge in [0.15, 0.2) is 0 Å². The zero-order chi connectivity index (χ0) is 36.8. The van der Waals surface area contributed by atoms with Crippen LogP contribution in [-0.4, -0.2) is 0 Å². The lowest BCUT2D eigenvalue weighted by Crippen LogP contribution is -2.24. The van der Waals surface area contributed by atoms with E-state index in [-0.39, 0.29) is 10.8 Å². The molecule has 4 aliphatic rings. The Bertz CT molecular complexity index is 2670. The van der Waals surface area contributed by atoms with E-state index in [0.717, 1.165) is 0 Å². The minimum absolute atomic E-state index is 0.124. The van der Waals surface area contributed by atoms with E-state index in [1.165, 1.54) is 154 Å². The first-order valence-corrected chi connectivity index (χ1v) is 21.6. The molecule has 0 nitrogen and oxygen atoms in total. The fraction of sp³-hybridized carbons (Fsp3) is 0.250. The summed E-state index contributed by atoms with van der Waals surface area (Å²) < 4.78 is 0. The molecular weight excluding hydrogens is 673 g/mol. The molecule has 0 saturated heterocycles. The van der Waals surface area contributed by atoms with Crippen LogP contribution in [0.4, 0.5) is 0 Å². The van der Waals surface area contributed by atoms with E-state index < -0.39 is 0 Å². The molecule has 56 heavy (non-hydrogen) atoms. The number of hydrogen-bond acceptors (Lipinski definition) is 0. The second-order valence-corrected chi connectivity index (χ2v) is 17.6. The average molecular weight is 721 g/mol. The van der Waals surface area contributed by atoms with Crippen LogP contribution in [0.2, 0.25) is 0 Å². The summed E-state index contributed by atoms with van der Waals surface area (Å²) in [5.74, 6) is 0. The van der Waals surface area contributed by atoms with Crippen molar-refractivity contribution in [1.82, 2.24) is 0 Å². The van der Waals surface area contributed by atoms with Crippen LogP contribution in [-0.2, 0) is 10.8 Å². The summed E-state index contributed by atoms with van der Waals surface area (Å²) in [6, 6.07) is 57.1. The highest BCUT2D eigenvalue weighted by Crippen LogP contribution is 2.58. The standard InChI is InChI=1S/C56H48/c1-2-14-30-55(29-13-1)51-23-11-9-21-43(51)45-27-25-37(33-53(45)55)47-35-49-42-20-8-6-18-40(42)48(36-50(49)41-19-7-5-17-39(41)47)38-26-28-46-44-22-10-12-24-52(44)56(54(46)34-38)31-15-3-4-16-32-56/h5-12,17-28,33-36H,1-4,13-16,29-32H2. The second kappa shape index (κ2) is 12.5. The molecule has 8 aromatic carbocycles. The summed E-state index contributed by atoms with van der Waals surface area (Å²) in [6.07, 6.45) is 15.6. The summed E-state index contributed by atoms with van der Waals surface area (Å²) in [6.45, 7) is 0. The second-order valence-electron chi connectivity index (χ2n) is 17.6. The van der Waals surface area contributed by atoms with Gasteiger partial charge in [-0.1, -0.05) is 173 Å². The smallest absolute Gasteiger partial charge is 0.0215 e. The van der Waals surface area contributed by atoms with E-state index in [9.17, 15) is 0 Å². The Morgan fingerprint density at radius 3 is 1.04 bits per heavy atom. The first-order valence-electron chi connectivity index (χ1n) is 21.6. The Hall–Kier alpha value is -5.46. The lowest BCUT2D eigenvalue weighted by atomic mass is 9.72. The normalized spacial score (nSPS) is 17.8. The van der Waals surface area contributed by atoms with Gasteiger partial charge in [0.1, 0.15) is 0 Å². The van der Waals surface area contributed by atoms with Crippen LogP contribution in [0.15, 0.2) is 146 Å². The molecule has 0 heteroatoms. The van der Waals surface area contributed by atoms with Crippen molar-refractivity contribution in [3.05, 3.63) is 168 Å². The van der Waals surface area contributed by atoms with Crippen molar-refractivity contribution in [1.29, 1.82) is 0 Å². The molecule has 0 bridgehead atoms.